The molecule has 0 spiro atoms. The Labute approximate surface area is 94.4 Å². The number of hydrogen-bond donors (Lipinski definition) is 3. The molecule has 0 aliphatic rings. The summed E-state index contributed by atoms with van der Waals surface area (Å²) in [5.74, 6) is -2.69. The van der Waals surface area contributed by atoms with E-state index in [4.69, 9.17) is 10.2 Å². The van der Waals surface area contributed by atoms with Gasteiger partial charge in [0.25, 0.3) is 0 Å². The van der Waals surface area contributed by atoms with Crippen LogP contribution in [0.3, 0.4) is 0 Å². The molecule has 7 nitrogen and oxygen atoms in total. The molecule has 0 unspecified atom stereocenters. The van der Waals surface area contributed by atoms with Crippen LogP contribution in [0.2, 0.25) is 0 Å². The molecule has 0 amide bonds. The first-order valence-corrected chi connectivity index (χ1v) is 2.63. The summed E-state index contributed by atoms with van der Waals surface area (Å²) >= 11 is 0. The molecule has 0 aliphatic carbocycles. The number of imidazole rings is 1. The molecule has 1 rings (SSSR count). The molecule has 0 saturated heterocycles. The van der Waals surface area contributed by atoms with Crippen molar-refractivity contribution in [1.29, 1.82) is 0 Å². The molecule has 0 aliphatic heterocycles. The first-order chi connectivity index (χ1) is 5.13. The Morgan fingerprint density at radius 2 is 1.85 bits per heavy atom. The molecule has 0 radical (unpaired) electrons. The third-order valence-corrected chi connectivity index (χ3v) is 1.06. The zero-order chi connectivity index (χ0) is 8.43. The fourth-order valence-corrected chi connectivity index (χ4v) is 0.619. The van der Waals surface area contributed by atoms with Gasteiger partial charge in [-0.25, -0.2) is 14.6 Å². The number of carboxylic acid groups (broad SMARTS) is 2. The Morgan fingerprint density at radius 1 is 1.31 bits per heavy atom. The van der Waals surface area contributed by atoms with Gasteiger partial charge in [0.1, 0.15) is 0 Å². The number of aromatic amines is 1. The summed E-state index contributed by atoms with van der Waals surface area (Å²) in [5.41, 5.74) is -0.880. The summed E-state index contributed by atoms with van der Waals surface area (Å²) in [6.07, 6.45) is 1.02. The number of nitrogens with zero attached hydrogens (tertiary/aromatic N) is 1. The molecule has 0 saturated carbocycles. The normalized spacial score (nSPS) is 8.00. The van der Waals surface area contributed by atoms with Crippen LogP contribution in [-0.4, -0.2) is 37.6 Å². The molecule has 66 valence electrons. The van der Waals surface area contributed by atoms with Gasteiger partial charge < -0.3 is 20.7 Å². The smallest absolute Gasteiger partial charge is 0.870 e. The Kier molecular flexibility index (Phi) is 6.42. The van der Waals surface area contributed by atoms with E-state index in [2.05, 4.69) is 9.97 Å². The van der Waals surface area contributed by atoms with Crippen molar-refractivity contribution in [2.45, 2.75) is 0 Å². The number of aromatic carboxylic acids is 2. The molecule has 0 fully saturated rings. The molecular weight excluding hydrogens is 191 g/mol. The molecular formula is C5H5N2NaO5. The quantitative estimate of drug-likeness (QED) is 0.423. The second kappa shape index (κ2) is 5.70. The van der Waals surface area contributed by atoms with Gasteiger partial charge in [0.15, 0.2) is 11.4 Å². The second-order valence-electron chi connectivity index (χ2n) is 1.74. The van der Waals surface area contributed by atoms with Crippen LogP contribution in [0, 0.1) is 0 Å². The van der Waals surface area contributed by atoms with E-state index in [1.165, 1.54) is 0 Å². The molecule has 1 heterocycles. The van der Waals surface area contributed by atoms with Crippen molar-refractivity contribution < 1.29 is 54.8 Å². The van der Waals surface area contributed by atoms with Crippen molar-refractivity contribution in [3.8, 4) is 0 Å². The van der Waals surface area contributed by atoms with Crippen molar-refractivity contribution in [3.05, 3.63) is 17.7 Å². The number of nitrogens with one attached hydrogen (secondary N) is 1. The van der Waals surface area contributed by atoms with Crippen molar-refractivity contribution in [2.24, 2.45) is 0 Å². The average Bonchev–Trinajstić information content (AvgIpc) is 2.32. The fourth-order valence-electron chi connectivity index (χ4n) is 0.619. The predicted octanol–water partition coefficient (Wildman–Crippen LogP) is -3.37. The Bertz CT molecular complexity index is 281. The maximum atomic E-state index is 10.3. The third-order valence-electron chi connectivity index (χ3n) is 1.06. The Morgan fingerprint density at radius 3 is 2.15 bits per heavy atom. The van der Waals surface area contributed by atoms with Crippen LogP contribution in [0.5, 0.6) is 0 Å². The van der Waals surface area contributed by atoms with Crippen LogP contribution in [-0.2, 0) is 0 Å². The number of carboxylic acids is 2. The number of rotatable bonds is 2. The van der Waals surface area contributed by atoms with Crippen LogP contribution in [0.15, 0.2) is 6.33 Å². The van der Waals surface area contributed by atoms with Gasteiger partial charge in [-0.2, -0.15) is 0 Å². The van der Waals surface area contributed by atoms with Crippen LogP contribution in [0.25, 0.3) is 0 Å². The molecule has 13 heavy (non-hydrogen) atoms. The maximum absolute atomic E-state index is 10.3. The van der Waals surface area contributed by atoms with E-state index in [1.807, 2.05) is 0 Å². The van der Waals surface area contributed by atoms with Gasteiger partial charge in [-0.15, -0.1) is 0 Å². The van der Waals surface area contributed by atoms with Crippen LogP contribution in [0.1, 0.15) is 21.0 Å². The molecule has 0 bridgehead atoms. The summed E-state index contributed by atoms with van der Waals surface area (Å²) < 4.78 is 0. The van der Waals surface area contributed by atoms with E-state index in [0.29, 0.717) is 0 Å². The van der Waals surface area contributed by atoms with Crippen molar-refractivity contribution in [3.63, 3.8) is 0 Å². The van der Waals surface area contributed by atoms with E-state index < -0.39 is 23.3 Å². The molecule has 8 heteroatoms. The van der Waals surface area contributed by atoms with Gasteiger partial charge >= 0.3 is 41.5 Å². The molecule has 4 N–H and O–H groups in total. The van der Waals surface area contributed by atoms with Crippen LogP contribution < -0.4 is 29.6 Å². The molecule has 0 aromatic carbocycles. The number of carbonyl (C=O) groups is 2. The minimum Gasteiger partial charge on any atom is -0.870 e. The topological polar surface area (TPSA) is 133 Å². The van der Waals surface area contributed by atoms with Gasteiger partial charge in [-0.05, 0) is 0 Å². The zero-order valence-electron chi connectivity index (χ0n) is 6.68. The van der Waals surface area contributed by atoms with E-state index in [1.54, 1.807) is 0 Å². The summed E-state index contributed by atoms with van der Waals surface area (Å²) in [6, 6.07) is 0. The monoisotopic (exact) mass is 196 g/mol. The van der Waals surface area contributed by atoms with E-state index in [9.17, 15) is 9.59 Å². The standard InChI is InChI=1S/C5H4N2O4.Na.H2O/c8-4(9)2-3(5(10)11)7-1-6-2;;/h1H,(H,6,7)(H,8,9)(H,10,11);;1H2/q;+1;/p-1. The summed E-state index contributed by atoms with van der Waals surface area (Å²) in [6.45, 7) is 0. The molecule has 1 aromatic rings. The first-order valence-electron chi connectivity index (χ1n) is 2.63. The summed E-state index contributed by atoms with van der Waals surface area (Å²) in [7, 11) is 0. The Hall–Kier alpha value is -0.890. The second-order valence-corrected chi connectivity index (χ2v) is 1.74. The van der Waals surface area contributed by atoms with E-state index in [-0.39, 0.29) is 35.0 Å². The number of H-pyrrole nitrogens is 1. The van der Waals surface area contributed by atoms with Crippen molar-refractivity contribution >= 4 is 11.9 Å². The van der Waals surface area contributed by atoms with Gasteiger partial charge in [0.05, 0.1) is 6.33 Å². The Balaban J connectivity index is 0. The number of hydrogen-bond acceptors (Lipinski definition) is 4. The van der Waals surface area contributed by atoms with Gasteiger partial charge in [0.2, 0.25) is 0 Å². The summed E-state index contributed by atoms with van der Waals surface area (Å²) in [4.78, 5) is 26.0. The van der Waals surface area contributed by atoms with Crippen LogP contribution >= 0.6 is 0 Å². The van der Waals surface area contributed by atoms with E-state index >= 15 is 0 Å². The fraction of sp³-hybridized carbons (Fsp3) is 0. The summed E-state index contributed by atoms with van der Waals surface area (Å²) in [5, 5.41) is 16.7. The van der Waals surface area contributed by atoms with Gasteiger partial charge in [-0.3, -0.25) is 0 Å². The van der Waals surface area contributed by atoms with Crippen molar-refractivity contribution in [2.75, 3.05) is 0 Å². The minimum atomic E-state index is -1.36. The molecule has 1 aromatic heterocycles. The first kappa shape index (κ1) is 14.6. The number of aromatic nitrogens is 2. The predicted molar refractivity (Wildman–Crippen MR) is 34.4 cm³/mol. The van der Waals surface area contributed by atoms with Gasteiger partial charge in [0, 0.05) is 0 Å². The zero-order valence-corrected chi connectivity index (χ0v) is 8.68. The largest absolute Gasteiger partial charge is 1.00 e. The maximum Gasteiger partial charge on any atom is 1.00 e. The SMILES string of the molecule is O=C(O)c1nc[nH]c1C(=O)O.[Na+].[OH-]. The van der Waals surface area contributed by atoms with E-state index in [0.717, 1.165) is 6.33 Å². The third kappa shape index (κ3) is 3.15. The molecule has 0 atom stereocenters. The van der Waals surface area contributed by atoms with Crippen molar-refractivity contribution in [1.82, 2.24) is 9.97 Å². The average molecular weight is 196 g/mol. The minimum absolute atomic E-state index is 0. The van der Waals surface area contributed by atoms with Gasteiger partial charge in [-0.1, -0.05) is 0 Å². The van der Waals surface area contributed by atoms with Crippen LogP contribution in [0.4, 0.5) is 0 Å².